The SMILES string of the molecule is CNC(CCOCC(F)F)c1c(Br)cnn1CCN(C)C. The fraction of sp³-hybridized carbons (Fsp3) is 0.769. The van der Waals surface area contributed by atoms with E-state index in [0.29, 0.717) is 6.42 Å². The first-order valence-electron chi connectivity index (χ1n) is 6.84. The van der Waals surface area contributed by atoms with Gasteiger partial charge in [0.05, 0.1) is 29.0 Å². The lowest BCUT2D eigenvalue weighted by atomic mass is 10.1. The first-order chi connectivity index (χ1) is 9.95. The predicted molar refractivity (Wildman–Crippen MR) is 81.7 cm³/mol. The number of hydrogen-bond acceptors (Lipinski definition) is 4. The summed E-state index contributed by atoms with van der Waals surface area (Å²) in [6.45, 7) is 1.40. The van der Waals surface area contributed by atoms with Gasteiger partial charge in [0.25, 0.3) is 6.43 Å². The number of alkyl halides is 2. The third-order valence-corrected chi connectivity index (χ3v) is 3.68. The zero-order valence-corrected chi connectivity index (χ0v) is 14.2. The van der Waals surface area contributed by atoms with Crippen LogP contribution >= 0.6 is 15.9 Å². The highest BCUT2D eigenvalue weighted by Gasteiger charge is 2.19. The van der Waals surface area contributed by atoms with E-state index >= 15 is 0 Å². The van der Waals surface area contributed by atoms with Crippen molar-refractivity contribution in [3.05, 3.63) is 16.4 Å². The van der Waals surface area contributed by atoms with Crippen LogP contribution < -0.4 is 5.32 Å². The van der Waals surface area contributed by atoms with E-state index in [1.807, 2.05) is 25.8 Å². The van der Waals surface area contributed by atoms with Gasteiger partial charge in [-0.2, -0.15) is 5.10 Å². The van der Waals surface area contributed by atoms with Crippen LogP contribution in [0.1, 0.15) is 18.2 Å². The standard InChI is InChI=1S/C13H23BrF2N4O/c1-17-11(4-7-21-9-12(15)16)13-10(14)8-18-20(13)6-5-19(2)3/h8,11-12,17H,4-7,9H2,1-3H3. The van der Waals surface area contributed by atoms with Gasteiger partial charge in [-0.15, -0.1) is 0 Å². The summed E-state index contributed by atoms with van der Waals surface area (Å²) in [5, 5.41) is 7.54. The summed E-state index contributed by atoms with van der Waals surface area (Å²) in [7, 11) is 5.85. The van der Waals surface area contributed by atoms with Gasteiger partial charge in [-0.25, -0.2) is 8.78 Å². The van der Waals surface area contributed by atoms with Crippen LogP contribution in [0.5, 0.6) is 0 Å². The second kappa shape index (κ2) is 9.45. The lowest BCUT2D eigenvalue weighted by molar-refractivity contribution is 0.0143. The monoisotopic (exact) mass is 368 g/mol. The van der Waals surface area contributed by atoms with Gasteiger partial charge in [-0.3, -0.25) is 4.68 Å². The largest absolute Gasteiger partial charge is 0.375 e. The fourth-order valence-corrected chi connectivity index (χ4v) is 2.56. The van der Waals surface area contributed by atoms with E-state index in [9.17, 15) is 8.78 Å². The Morgan fingerprint density at radius 2 is 2.19 bits per heavy atom. The van der Waals surface area contributed by atoms with Crippen LogP contribution in [0.25, 0.3) is 0 Å². The Balaban J connectivity index is 2.64. The minimum atomic E-state index is -2.42. The Kier molecular flexibility index (Phi) is 8.31. The van der Waals surface area contributed by atoms with E-state index in [2.05, 4.69) is 31.2 Å². The molecule has 0 fully saturated rings. The molecule has 1 N–H and O–H groups in total. The van der Waals surface area contributed by atoms with Crippen LogP contribution in [-0.4, -0.2) is 62.0 Å². The average Bonchev–Trinajstić information content (AvgIpc) is 2.78. The predicted octanol–water partition coefficient (Wildman–Crippen LogP) is 2.14. The molecular formula is C13H23BrF2N4O. The lowest BCUT2D eigenvalue weighted by Crippen LogP contribution is -2.26. The molecule has 0 saturated carbocycles. The highest BCUT2D eigenvalue weighted by molar-refractivity contribution is 9.10. The summed E-state index contributed by atoms with van der Waals surface area (Å²) in [5.41, 5.74) is 1.01. The summed E-state index contributed by atoms with van der Waals surface area (Å²) in [4.78, 5) is 2.08. The Hall–Kier alpha value is -0.570. The topological polar surface area (TPSA) is 42.3 Å². The molecule has 0 spiro atoms. The van der Waals surface area contributed by atoms with Crippen molar-refractivity contribution in [3.8, 4) is 0 Å². The third-order valence-electron chi connectivity index (χ3n) is 3.07. The molecule has 1 unspecified atom stereocenters. The number of nitrogens with one attached hydrogen (secondary N) is 1. The molecule has 21 heavy (non-hydrogen) atoms. The summed E-state index contributed by atoms with van der Waals surface area (Å²) in [6, 6.07) is 0.00158. The van der Waals surface area contributed by atoms with Crippen LogP contribution in [0.3, 0.4) is 0 Å². The first kappa shape index (κ1) is 18.5. The second-order valence-electron chi connectivity index (χ2n) is 5.00. The third kappa shape index (κ3) is 6.37. The average molecular weight is 369 g/mol. The number of likely N-dealkylation sites (N-methyl/N-ethyl adjacent to an activating group) is 1. The van der Waals surface area contributed by atoms with Crippen molar-refractivity contribution in [1.82, 2.24) is 20.0 Å². The van der Waals surface area contributed by atoms with Crippen molar-refractivity contribution < 1.29 is 13.5 Å². The molecule has 0 saturated heterocycles. The van der Waals surface area contributed by atoms with E-state index in [-0.39, 0.29) is 12.6 Å². The molecule has 0 aliphatic rings. The molecule has 0 amide bonds. The van der Waals surface area contributed by atoms with Gasteiger partial charge >= 0.3 is 0 Å². The zero-order chi connectivity index (χ0) is 15.8. The Bertz CT molecular complexity index is 415. The second-order valence-corrected chi connectivity index (χ2v) is 5.85. The molecular weight excluding hydrogens is 346 g/mol. The molecule has 8 heteroatoms. The molecule has 5 nitrogen and oxygen atoms in total. The molecule has 1 aromatic heterocycles. The van der Waals surface area contributed by atoms with E-state index < -0.39 is 13.0 Å². The van der Waals surface area contributed by atoms with E-state index in [1.54, 1.807) is 6.20 Å². The zero-order valence-electron chi connectivity index (χ0n) is 12.7. The Morgan fingerprint density at radius 3 is 2.76 bits per heavy atom. The van der Waals surface area contributed by atoms with Crippen molar-refractivity contribution in [2.24, 2.45) is 0 Å². The highest BCUT2D eigenvalue weighted by Crippen LogP contribution is 2.25. The highest BCUT2D eigenvalue weighted by atomic mass is 79.9. The van der Waals surface area contributed by atoms with Gasteiger partial charge in [0.15, 0.2) is 0 Å². The van der Waals surface area contributed by atoms with Gasteiger partial charge in [0.1, 0.15) is 6.61 Å². The van der Waals surface area contributed by atoms with Crippen LogP contribution in [0.15, 0.2) is 10.7 Å². The van der Waals surface area contributed by atoms with Crippen molar-refractivity contribution in [1.29, 1.82) is 0 Å². The molecule has 0 radical (unpaired) electrons. The number of ether oxygens (including phenoxy) is 1. The van der Waals surface area contributed by atoms with Gasteiger partial charge in [-0.05, 0) is 43.5 Å². The van der Waals surface area contributed by atoms with Crippen molar-refractivity contribution in [2.45, 2.75) is 25.4 Å². The quantitative estimate of drug-likeness (QED) is 0.642. The summed E-state index contributed by atoms with van der Waals surface area (Å²) in [5.74, 6) is 0. The Morgan fingerprint density at radius 1 is 1.48 bits per heavy atom. The van der Waals surface area contributed by atoms with Crippen LogP contribution in [0.4, 0.5) is 8.78 Å². The number of halogens is 3. The summed E-state index contributed by atoms with van der Waals surface area (Å²) < 4.78 is 31.9. The molecule has 0 aliphatic carbocycles. The van der Waals surface area contributed by atoms with E-state index in [1.165, 1.54) is 0 Å². The first-order valence-corrected chi connectivity index (χ1v) is 7.64. The van der Waals surface area contributed by atoms with E-state index in [4.69, 9.17) is 4.74 Å². The molecule has 1 rings (SSSR count). The minimum absolute atomic E-state index is 0.00158. The maximum absolute atomic E-state index is 12.1. The van der Waals surface area contributed by atoms with Gasteiger partial charge in [-0.1, -0.05) is 0 Å². The fourth-order valence-electron chi connectivity index (χ4n) is 1.98. The van der Waals surface area contributed by atoms with Gasteiger partial charge < -0.3 is 15.0 Å². The maximum atomic E-state index is 12.1. The number of nitrogens with zero attached hydrogens (tertiary/aromatic N) is 3. The van der Waals surface area contributed by atoms with Crippen LogP contribution in [0, 0.1) is 0 Å². The van der Waals surface area contributed by atoms with Crippen molar-refractivity contribution >= 4 is 15.9 Å². The molecule has 0 aromatic carbocycles. The van der Waals surface area contributed by atoms with E-state index in [0.717, 1.165) is 23.3 Å². The Labute approximate surface area is 132 Å². The van der Waals surface area contributed by atoms with Crippen LogP contribution in [-0.2, 0) is 11.3 Å². The molecule has 122 valence electrons. The van der Waals surface area contributed by atoms with Gasteiger partial charge in [0, 0.05) is 13.2 Å². The number of rotatable bonds is 10. The normalized spacial score (nSPS) is 13.3. The van der Waals surface area contributed by atoms with Gasteiger partial charge in [0.2, 0.25) is 0 Å². The minimum Gasteiger partial charge on any atom is -0.375 e. The molecule has 1 heterocycles. The number of aromatic nitrogens is 2. The van der Waals surface area contributed by atoms with Crippen molar-refractivity contribution in [2.75, 3.05) is 40.9 Å². The van der Waals surface area contributed by atoms with Crippen LogP contribution in [0.2, 0.25) is 0 Å². The molecule has 0 bridgehead atoms. The maximum Gasteiger partial charge on any atom is 0.261 e. The van der Waals surface area contributed by atoms with Crippen molar-refractivity contribution in [3.63, 3.8) is 0 Å². The summed E-state index contributed by atoms with van der Waals surface area (Å²) >= 11 is 3.50. The molecule has 1 aromatic rings. The molecule has 0 aliphatic heterocycles. The molecule has 1 atom stereocenters. The smallest absolute Gasteiger partial charge is 0.261 e. The number of hydrogen-bond donors (Lipinski definition) is 1. The lowest BCUT2D eigenvalue weighted by Gasteiger charge is -2.20. The summed E-state index contributed by atoms with van der Waals surface area (Å²) in [6.07, 6.45) is -0.0550.